The first kappa shape index (κ1) is 21.9. The molecular weight excluding hydrogens is 381 g/mol. The van der Waals surface area contributed by atoms with E-state index in [9.17, 15) is 0 Å². The van der Waals surface area contributed by atoms with Crippen LogP contribution in [0.4, 0.5) is 0 Å². The summed E-state index contributed by atoms with van der Waals surface area (Å²) >= 11 is 12.6. The van der Waals surface area contributed by atoms with Crippen LogP contribution < -0.4 is 14.8 Å². The van der Waals surface area contributed by atoms with Gasteiger partial charge in [0.25, 0.3) is 0 Å². The molecule has 0 aliphatic carbocycles. The van der Waals surface area contributed by atoms with Crippen molar-refractivity contribution in [2.75, 3.05) is 13.7 Å². The average Bonchev–Trinajstić information content (AvgIpc) is 2.54. The van der Waals surface area contributed by atoms with Gasteiger partial charge in [-0.15, -0.1) is 12.4 Å². The maximum absolute atomic E-state index is 6.40. The minimum Gasteiger partial charge on any atom is -0.493 e. The molecule has 0 saturated carbocycles. The first-order valence-corrected chi connectivity index (χ1v) is 8.70. The number of nitrogens with one attached hydrogen (secondary N) is 1. The zero-order chi connectivity index (χ0) is 17.5. The van der Waals surface area contributed by atoms with Gasteiger partial charge in [0, 0.05) is 17.1 Å². The van der Waals surface area contributed by atoms with Gasteiger partial charge >= 0.3 is 0 Å². The maximum Gasteiger partial charge on any atom is 0.180 e. The van der Waals surface area contributed by atoms with Gasteiger partial charge in [0.1, 0.15) is 6.61 Å². The predicted octanol–water partition coefficient (Wildman–Crippen LogP) is 5.75. The third kappa shape index (κ3) is 6.59. The molecule has 0 fully saturated rings. The van der Waals surface area contributed by atoms with E-state index in [2.05, 4.69) is 19.2 Å². The average molecular weight is 405 g/mol. The van der Waals surface area contributed by atoms with Gasteiger partial charge in [-0.1, -0.05) is 55.2 Å². The second kappa shape index (κ2) is 10.8. The molecule has 3 nitrogen and oxygen atoms in total. The van der Waals surface area contributed by atoms with Crippen molar-refractivity contribution in [3.63, 3.8) is 0 Å². The lowest BCUT2D eigenvalue weighted by atomic mass is 10.1. The molecule has 0 spiro atoms. The van der Waals surface area contributed by atoms with Crippen molar-refractivity contribution in [3.05, 3.63) is 57.6 Å². The lowest BCUT2D eigenvalue weighted by Crippen LogP contribution is -2.19. The van der Waals surface area contributed by atoms with Crippen LogP contribution in [-0.2, 0) is 13.2 Å². The first-order valence-electron chi connectivity index (χ1n) is 7.94. The molecule has 2 aromatic carbocycles. The van der Waals surface area contributed by atoms with E-state index >= 15 is 0 Å². The lowest BCUT2D eigenvalue weighted by Gasteiger charge is -2.15. The standard InChI is InChI=1S/C19H23Cl2NO2.ClH/c1-13(2)10-22-11-14-8-17(21)19(18(9-14)23-3)24-12-15-6-4-5-7-16(15)20;/h4-9,13,22H,10-12H2,1-3H3;1H. The fraction of sp³-hybridized carbons (Fsp3) is 0.368. The van der Waals surface area contributed by atoms with Crippen molar-refractivity contribution in [2.45, 2.75) is 27.0 Å². The van der Waals surface area contributed by atoms with Crippen LogP contribution >= 0.6 is 35.6 Å². The van der Waals surface area contributed by atoms with Crippen molar-refractivity contribution >= 4 is 35.6 Å². The largest absolute Gasteiger partial charge is 0.493 e. The Bertz CT molecular complexity index is 678. The summed E-state index contributed by atoms with van der Waals surface area (Å²) in [5.74, 6) is 1.75. The number of rotatable bonds is 8. The van der Waals surface area contributed by atoms with Crippen molar-refractivity contribution in [3.8, 4) is 11.5 Å². The molecule has 1 N–H and O–H groups in total. The molecule has 0 radical (unpaired) electrons. The van der Waals surface area contributed by atoms with Crippen LogP contribution in [0.25, 0.3) is 0 Å². The van der Waals surface area contributed by atoms with Crippen molar-refractivity contribution < 1.29 is 9.47 Å². The molecule has 0 aliphatic rings. The smallest absolute Gasteiger partial charge is 0.180 e. The first-order chi connectivity index (χ1) is 11.5. The van der Waals surface area contributed by atoms with Crippen LogP contribution in [0.15, 0.2) is 36.4 Å². The van der Waals surface area contributed by atoms with E-state index in [0.29, 0.717) is 34.1 Å². The maximum atomic E-state index is 6.40. The highest BCUT2D eigenvalue weighted by molar-refractivity contribution is 6.32. The Morgan fingerprint density at radius 2 is 1.80 bits per heavy atom. The molecule has 2 aromatic rings. The summed E-state index contributed by atoms with van der Waals surface area (Å²) in [6.07, 6.45) is 0. The van der Waals surface area contributed by atoms with E-state index in [1.54, 1.807) is 7.11 Å². The fourth-order valence-electron chi connectivity index (χ4n) is 2.29. The molecule has 0 aliphatic heterocycles. The van der Waals surface area contributed by atoms with E-state index in [1.807, 2.05) is 36.4 Å². The molecular formula is C19H24Cl3NO2. The van der Waals surface area contributed by atoms with Crippen LogP contribution in [0.1, 0.15) is 25.0 Å². The van der Waals surface area contributed by atoms with Gasteiger partial charge in [-0.25, -0.2) is 0 Å². The zero-order valence-corrected chi connectivity index (χ0v) is 17.0. The van der Waals surface area contributed by atoms with Gasteiger partial charge in [0.05, 0.1) is 12.1 Å². The molecule has 0 saturated heterocycles. The molecule has 0 heterocycles. The Balaban J connectivity index is 0.00000312. The molecule has 0 unspecified atom stereocenters. The van der Waals surface area contributed by atoms with Crippen LogP contribution in [0.5, 0.6) is 11.5 Å². The summed E-state index contributed by atoms with van der Waals surface area (Å²) in [6, 6.07) is 11.4. The highest BCUT2D eigenvalue weighted by Crippen LogP contribution is 2.37. The Labute approximate surface area is 166 Å². The monoisotopic (exact) mass is 403 g/mol. The summed E-state index contributed by atoms with van der Waals surface area (Å²) in [4.78, 5) is 0. The minimum absolute atomic E-state index is 0. The zero-order valence-electron chi connectivity index (χ0n) is 14.6. The molecule has 0 bridgehead atoms. The van der Waals surface area contributed by atoms with Crippen LogP contribution in [-0.4, -0.2) is 13.7 Å². The number of methoxy groups -OCH3 is 1. The van der Waals surface area contributed by atoms with E-state index in [1.165, 1.54) is 0 Å². The van der Waals surface area contributed by atoms with E-state index in [4.69, 9.17) is 32.7 Å². The Kier molecular flexibility index (Phi) is 9.44. The Morgan fingerprint density at radius 3 is 2.44 bits per heavy atom. The van der Waals surface area contributed by atoms with Crippen LogP contribution in [0.3, 0.4) is 0 Å². The van der Waals surface area contributed by atoms with Crippen molar-refractivity contribution in [2.24, 2.45) is 5.92 Å². The van der Waals surface area contributed by atoms with E-state index < -0.39 is 0 Å². The van der Waals surface area contributed by atoms with Crippen LogP contribution in [0, 0.1) is 5.92 Å². The second-order valence-electron chi connectivity index (χ2n) is 6.01. The fourth-order valence-corrected chi connectivity index (χ4v) is 2.76. The highest BCUT2D eigenvalue weighted by Gasteiger charge is 2.13. The third-order valence-corrected chi connectivity index (χ3v) is 4.15. The summed E-state index contributed by atoms with van der Waals surface area (Å²) < 4.78 is 11.3. The van der Waals surface area contributed by atoms with Crippen molar-refractivity contribution in [1.29, 1.82) is 0 Å². The van der Waals surface area contributed by atoms with Gasteiger partial charge in [0.2, 0.25) is 0 Å². The van der Waals surface area contributed by atoms with E-state index in [0.717, 1.165) is 24.2 Å². The van der Waals surface area contributed by atoms with Gasteiger partial charge in [0.15, 0.2) is 11.5 Å². The number of ether oxygens (including phenoxy) is 2. The Morgan fingerprint density at radius 1 is 1.08 bits per heavy atom. The quantitative estimate of drug-likeness (QED) is 0.608. The molecule has 138 valence electrons. The SMILES string of the molecule is COc1cc(CNCC(C)C)cc(Cl)c1OCc1ccccc1Cl.Cl. The van der Waals surface area contributed by atoms with Gasteiger partial charge in [-0.3, -0.25) is 0 Å². The number of halogens is 3. The van der Waals surface area contributed by atoms with Gasteiger partial charge < -0.3 is 14.8 Å². The van der Waals surface area contributed by atoms with Crippen molar-refractivity contribution in [1.82, 2.24) is 5.32 Å². The second-order valence-corrected chi connectivity index (χ2v) is 6.83. The summed E-state index contributed by atoms with van der Waals surface area (Å²) in [7, 11) is 1.61. The van der Waals surface area contributed by atoms with Gasteiger partial charge in [-0.2, -0.15) is 0 Å². The third-order valence-electron chi connectivity index (χ3n) is 3.50. The molecule has 0 amide bonds. The molecule has 25 heavy (non-hydrogen) atoms. The van der Waals surface area contributed by atoms with E-state index in [-0.39, 0.29) is 12.4 Å². The predicted molar refractivity (Wildman–Crippen MR) is 108 cm³/mol. The topological polar surface area (TPSA) is 30.5 Å². The molecule has 0 atom stereocenters. The van der Waals surface area contributed by atoms with Crippen LogP contribution in [0.2, 0.25) is 10.0 Å². The summed E-state index contributed by atoms with van der Waals surface area (Å²) in [6.45, 7) is 6.36. The molecule has 6 heteroatoms. The lowest BCUT2D eigenvalue weighted by molar-refractivity contribution is 0.284. The number of benzene rings is 2. The van der Waals surface area contributed by atoms with Gasteiger partial charge in [-0.05, 0) is 36.2 Å². The summed E-state index contributed by atoms with van der Waals surface area (Å²) in [5, 5.41) is 4.59. The number of hydrogen-bond donors (Lipinski definition) is 1. The highest BCUT2D eigenvalue weighted by atomic mass is 35.5. The summed E-state index contributed by atoms with van der Waals surface area (Å²) in [5.41, 5.74) is 1.96. The molecule has 2 rings (SSSR count). The number of hydrogen-bond acceptors (Lipinski definition) is 3. The minimum atomic E-state index is 0. The Hall–Kier alpha value is -1.13. The normalized spacial score (nSPS) is 10.5. The molecule has 0 aromatic heterocycles.